The Morgan fingerprint density at radius 2 is 2.05 bits per heavy atom. The number of thiocarbonyl (C=S) groups is 1. The van der Waals surface area contributed by atoms with Gasteiger partial charge in [-0.2, -0.15) is 8.78 Å². The van der Waals surface area contributed by atoms with Crippen molar-refractivity contribution in [2.45, 2.75) is 62.5 Å². The van der Waals surface area contributed by atoms with Gasteiger partial charge in [0.05, 0.1) is 0 Å². The van der Waals surface area contributed by atoms with Crippen molar-refractivity contribution in [1.29, 1.82) is 0 Å². The number of rotatable bonds is 11. The number of carbonyl (C=O) groups excluding carboxylic acids is 1. The van der Waals surface area contributed by atoms with E-state index in [2.05, 4.69) is 36.0 Å². The van der Waals surface area contributed by atoms with Crippen molar-refractivity contribution < 1.29 is 26.7 Å². The van der Waals surface area contributed by atoms with Crippen LogP contribution in [0.4, 0.5) is 19.6 Å². The number of alkyl halides is 2. The van der Waals surface area contributed by atoms with Crippen LogP contribution in [0.2, 0.25) is 0 Å². The number of ether oxygens (including phenoxy) is 1. The molecule has 5 rings (SSSR count). The predicted octanol–water partition coefficient (Wildman–Crippen LogP) is 2.47. The summed E-state index contributed by atoms with van der Waals surface area (Å²) >= 11 is 6.72. The number of hydrogen-bond donors (Lipinski definition) is 5. The summed E-state index contributed by atoms with van der Waals surface area (Å²) in [5.41, 5.74) is 6.29. The van der Waals surface area contributed by atoms with Crippen LogP contribution < -0.4 is 30.9 Å². The van der Waals surface area contributed by atoms with Crippen molar-refractivity contribution >= 4 is 55.4 Å². The van der Waals surface area contributed by atoms with Crippen LogP contribution in [-0.2, 0) is 34.7 Å². The molecule has 2 aromatic heterocycles. The van der Waals surface area contributed by atoms with Gasteiger partial charge in [0, 0.05) is 36.5 Å². The van der Waals surface area contributed by atoms with Gasteiger partial charge in [-0.1, -0.05) is 0 Å². The highest BCUT2D eigenvalue weighted by Crippen LogP contribution is 2.42. The molecule has 5 N–H and O–H groups in total. The van der Waals surface area contributed by atoms with Crippen LogP contribution in [0.3, 0.4) is 0 Å². The topological polar surface area (TPSA) is 138 Å². The molecule has 2 aromatic rings. The highest BCUT2D eigenvalue weighted by atomic mass is 32.2. The molecule has 0 bridgehead atoms. The first-order valence-corrected chi connectivity index (χ1v) is 15.1. The fourth-order valence-electron chi connectivity index (χ4n) is 4.28. The predicted molar refractivity (Wildman–Crippen MR) is 142 cm³/mol. The molecule has 0 radical (unpaired) electrons. The van der Waals surface area contributed by atoms with Crippen molar-refractivity contribution in [3.8, 4) is 5.88 Å². The van der Waals surface area contributed by atoms with E-state index in [1.165, 1.54) is 22.1 Å². The van der Waals surface area contributed by atoms with E-state index in [0.717, 1.165) is 30.6 Å². The first-order chi connectivity index (χ1) is 18.1. The van der Waals surface area contributed by atoms with Gasteiger partial charge in [0.1, 0.15) is 15.7 Å². The summed E-state index contributed by atoms with van der Waals surface area (Å²) in [4.78, 5) is 13.6. The van der Waals surface area contributed by atoms with Gasteiger partial charge in [-0.25, -0.2) is 17.8 Å². The highest BCUT2D eigenvalue weighted by Gasteiger charge is 2.36. The lowest BCUT2D eigenvalue weighted by Crippen LogP contribution is -2.46. The minimum Gasteiger partial charge on any atom is -0.415 e. The maximum absolute atomic E-state index is 13.4. The van der Waals surface area contributed by atoms with Gasteiger partial charge in [0.15, 0.2) is 5.11 Å². The van der Waals surface area contributed by atoms with E-state index in [4.69, 9.17) is 12.2 Å². The molecule has 3 aliphatic carbocycles. The zero-order valence-electron chi connectivity index (χ0n) is 20.6. The molecule has 2 saturated carbocycles. The molecule has 0 aliphatic heterocycles. The molecule has 0 saturated heterocycles. The standard InChI is InChI=1S/C22H29F2N7O4S3/c1-31-16(9-17(30-31)35-21(23)24)28-29-22(36)26-13-6-7-15-14(8-13)18(38(33,34)25-10-11-2-3-11)20(37-15)27-19(32)12-4-5-12/h9,11-13,21,25,28H,2-8,10H2,1H3,(H,27,32)(H2,26,29,36). The van der Waals surface area contributed by atoms with Crippen LogP contribution in [0.1, 0.15) is 42.5 Å². The van der Waals surface area contributed by atoms with Gasteiger partial charge in [-0.15, -0.1) is 16.4 Å². The molecule has 1 unspecified atom stereocenters. The Morgan fingerprint density at radius 1 is 1.29 bits per heavy atom. The summed E-state index contributed by atoms with van der Waals surface area (Å²) < 4.78 is 60.0. The number of nitrogens with zero attached hydrogens (tertiary/aromatic N) is 2. The Balaban J connectivity index is 1.26. The van der Waals surface area contributed by atoms with Crippen molar-refractivity contribution in [1.82, 2.24) is 25.2 Å². The van der Waals surface area contributed by atoms with Crippen molar-refractivity contribution in [2.75, 3.05) is 17.3 Å². The zero-order chi connectivity index (χ0) is 27.0. The van der Waals surface area contributed by atoms with Crippen LogP contribution in [0.15, 0.2) is 11.0 Å². The number of amides is 1. The molecule has 0 spiro atoms. The first-order valence-electron chi connectivity index (χ1n) is 12.4. The molecule has 1 amide bonds. The molecular formula is C22H29F2N7O4S3. The summed E-state index contributed by atoms with van der Waals surface area (Å²) in [5, 5.41) is 10.5. The number of thiophene rings is 1. The lowest BCUT2D eigenvalue weighted by Gasteiger charge is -2.25. The maximum Gasteiger partial charge on any atom is 0.388 e. The maximum atomic E-state index is 13.4. The number of anilines is 2. The van der Waals surface area contributed by atoms with E-state index >= 15 is 0 Å². The number of halogens is 2. The number of nitrogens with one attached hydrogen (secondary N) is 5. The van der Waals surface area contributed by atoms with Crippen molar-refractivity contribution in [2.24, 2.45) is 18.9 Å². The van der Waals surface area contributed by atoms with Crippen molar-refractivity contribution in [3.63, 3.8) is 0 Å². The molecule has 2 heterocycles. The van der Waals surface area contributed by atoms with Crippen LogP contribution >= 0.6 is 23.6 Å². The Labute approximate surface area is 228 Å². The zero-order valence-corrected chi connectivity index (χ0v) is 23.0. The number of fused-ring (bicyclic) bond motifs is 1. The van der Waals surface area contributed by atoms with Gasteiger partial charge in [0.2, 0.25) is 21.8 Å². The minimum absolute atomic E-state index is 0.0492. The van der Waals surface area contributed by atoms with Crippen LogP contribution in [0.5, 0.6) is 5.88 Å². The normalized spacial score (nSPS) is 19.1. The van der Waals surface area contributed by atoms with Gasteiger partial charge >= 0.3 is 6.61 Å². The number of aryl methyl sites for hydroxylation is 2. The molecule has 0 aromatic carbocycles. The second kappa shape index (κ2) is 10.9. The minimum atomic E-state index is -3.82. The Kier molecular flexibility index (Phi) is 7.75. The molecule has 2 fully saturated rings. The monoisotopic (exact) mass is 589 g/mol. The lowest BCUT2D eigenvalue weighted by molar-refractivity contribution is -0.117. The Bertz CT molecular complexity index is 1320. The summed E-state index contributed by atoms with van der Waals surface area (Å²) in [7, 11) is -2.27. The third-order valence-corrected chi connectivity index (χ3v) is 9.72. The Morgan fingerprint density at radius 3 is 2.74 bits per heavy atom. The average molecular weight is 590 g/mol. The molecule has 16 heteroatoms. The quantitative estimate of drug-likeness (QED) is 0.198. The molecule has 3 aliphatic rings. The fourth-order valence-corrected chi connectivity index (χ4v) is 7.58. The van der Waals surface area contributed by atoms with Gasteiger partial charge < -0.3 is 15.4 Å². The number of sulfonamides is 1. The van der Waals surface area contributed by atoms with Gasteiger partial charge in [-0.3, -0.25) is 15.6 Å². The second-order valence-corrected chi connectivity index (χ2v) is 13.0. The highest BCUT2D eigenvalue weighted by molar-refractivity contribution is 7.90. The second-order valence-electron chi connectivity index (χ2n) is 9.75. The number of hydrogen-bond acceptors (Lipinski definition) is 8. The summed E-state index contributed by atoms with van der Waals surface area (Å²) in [6.07, 6.45) is 5.42. The molecular weight excluding hydrogens is 560 g/mol. The van der Waals surface area contributed by atoms with E-state index in [1.807, 2.05) is 0 Å². The average Bonchev–Trinajstić information content (AvgIpc) is 3.76. The van der Waals surface area contributed by atoms with Crippen LogP contribution in [0, 0.1) is 11.8 Å². The number of hydrazine groups is 1. The molecule has 38 heavy (non-hydrogen) atoms. The fraction of sp³-hybridized carbons (Fsp3) is 0.591. The third kappa shape index (κ3) is 6.52. The first kappa shape index (κ1) is 27.0. The molecule has 208 valence electrons. The summed E-state index contributed by atoms with van der Waals surface area (Å²) in [6, 6.07) is 1.14. The van der Waals surface area contributed by atoms with E-state index in [0.29, 0.717) is 48.1 Å². The van der Waals surface area contributed by atoms with E-state index in [9.17, 15) is 22.0 Å². The van der Waals surface area contributed by atoms with Crippen molar-refractivity contribution in [3.05, 3.63) is 16.5 Å². The number of aromatic nitrogens is 2. The summed E-state index contributed by atoms with van der Waals surface area (Å²) in [6.45, 7) is -2.59. The SMILES string of the molecule is Cn1nc(OC(F)F)cc1NNC(=S)NC1CCc2sc(NC(=O)C3CC3)c(S(=O)(=O)NCC3CC3)c2C1. The smallest absolute Gasteiger partial charge is 0.388 e. The van der Waals surface area contributed by atoms with Crippen LogP contribution in [0.25, 0.3) is 0 Å². The Hall–Kier alpha value is -2.56. The van der Waals surface area contributed by atoms with E-state index in [-0.39, 0.29) is 33.8 Å². The molecule has 11 nitrogen and oxygen atoms in total. The molecule has 1 atom stereocenters. The van der Waals surface area contributed by atoms with Crippen LogP contribution in [-0.4, -0.2) is 48.4 Å². The third-order valence-electron chi connectivity index (χ3n) is 6.63. The van der Waals surface area contributed by atoms with Gasteiger partial charge in [0.25, 0.3) is 0 Å². The van der Waals surface area contributed by atoms with E-state index in [1.54, 1.807) is 7.05 Å². The van der Waals surface area contributed by atoms with E-state index < -0.39 is 16.6 Å². The largest absolute Gasteiger partial charge is 0.415 e. The number of carbonyl (C=O) groups is 1. The lowest BCUT2D eigenvalue weighted by atomic mass is 9.94. The summed E-state index contributed by atoms with van der Waals surface area (Å²) in [5.74, 6) is 0.292. The van der Waals surface area contributed by atoms with Gasteiger partial charge in [-0.05, 0) is 68.6 Å².